The fourth-order valence-corrected chi connectivity index (χ4v) is 2.11. The SMILES string of the molecule is COc1ccc(OC)c(NC(N)=NCCc2ccc(F)cc2F)c1. The average Bonchev–Trinajstić information content (AvgIpc) is 2.56. The summed E-state index contributed by atoms with van der Waals surface area (Å²) in [5.41, 5.74) is 6.82. The molecule has 0 fully saturated rings. The van der Waals surface area contributed by atoms with Crippen LogP contribution < -0.4 is 20.5 Å². The Morgan fingerprint density at radius 3 is 2.58 bits per heavy atom. The van der Waals surface area contributed by atoms with Crippen molar-refractivity contribution < 1.29 is 18.3 Å². The van der Waals surface area contributed by atoms with Crippen molar-refractivity contribution in [2.45, 2.75) is 6.42 Å². The van der Waals surface area contributed by atoms with Gasteiger partial charge >= 0.3 is 0 Å². The number of ether oxygens (including phenoxy) is 2. The summed E-state index contributed by atoms with van der Waals surface area (Å²) in [7, 11) is 3.10. The summed E-state index contributed by atoms with van der Waals surface area (Å²) in [4.78, 5) is 4.14. The van der Waals surface area contributed by atoms with Crippen LogP contribution in [0.25, 0.3) is 0 Å². The van der Waals surface area contributed by atoms with Crippen molar-refractivity contribution in [3.05, 3.63) is 53.6 Å². The molecule has 0 aliphatic rings. The van der Waals surface area contributed by atoms with Crippen LogP contribution in [-0.2, 0) is 6.42 Å². The molecule has 0 aromatic heterocycles. The van der Waals surface area contributed by atoms with Crippen molar-refractivity contribution in [1.29, 1.82) is 0 Å². The molecule has 0 saturated carbocycles. The van der Waals surface area contributed by atoms with Gasteiger partial charge in [0.1, 0.15) is 23.1 Å². The second-order valence-corrected chi connectivity index (χ2v) is 4.94. The van der Waals surface area contributed by atoms with Crippen molar-refractivity contribution in [2.75, 3.05) is 26.1 Å². The minimum Gasteiger partial charge on any atom is -0.497 e. The molecule has 128 valence electrons. The Morgan fingerprint density at radius 2 is 1.92 bits per heavy atom. The highest BCUT2D eigenvalue weighted by Crippen LogP contribution is 2.28. The van der Waals surface area contributed by atoms with E-state index in [-0.39, 0.29) is 12.5 Å². The molecule has 0 aliphatic heterocycles. The summed E-state index contributed by atoms with van der Waals surface area (Å²) >= 11 is 0. The van der Waals surface area contributed by atoms with Gasteiger partial charge in [0, 0.05) is 18.7 Å². The largest absolute Gasteiger partial charge is 0.497 e. The maximum Gasteiger partial charge on any atom is 0.193 e. The molecule has 0 bridgehead atoms. The molecule has 0 amide bonds. The van der Waals surface area contributed by atoms with Crippen molar-refractivity contribution in [1.82, 2.24) is 0 Å². The number of nitrogens with zero attached hydrogens (tertiary/aromatic N) is 1. The molecule has 2 aromatic rings. The number of hydrogen-bond donors (Lipinski definition) is 2. The number of methoxy groups -OCH3 is 2. The number of benzene rings is 2. The van der Waals surface area contributed by atoms with Gasteiger partial charge in [-0.1, -0.05) is 6.07 Å². The second kappa shape index (κ2) is 8.14. The van der Waals surface area contributed by atoms with E-state index in [1.54, 1.807) is 25.3 Å². The van der Waals surface area contributed by atoms with Crippen LogP contribution in [0.2, 0.25) is 0 Å². The molecule has 3 N–H and O–H groups in total. The number of aliphatic imine (C=N–C) groups is 1. The predicted molar refractivity (Wildman–Crippen MR) is 89.7 cm³/mol. The topological polar surface area (TPSA) is 68.9 Å². The lowest BCUT2D eigenvalue weighted by atomic mass is 10.1. The smallest absolute Gasteiger partial charge is 0.193 e. The first-order chi connectivity index (χ1) is 11.5. The zero-order chi connectivity index (χ0) is 17.5. The van der Waals surface area contributed by atoms with Gasteiger partial charge < -0.3 is 20.5 Å². The third-order valence-corrected chi connectivity index (χ3v) is 3.35. The zero-order valence-electron chi connectivity index (χ0n) is 13.5. The van der Waals surface area contributed by atoms with Gasteiger partial charge in [0.15, 0.2) is 5.96 Å². The minimum absolute atomic E-state index is 0.157. The van der Waals surface area contributed by atoms with Gasteiger partial charge in [-0.15, -0.1) is 0 Å². The van der Waals surface area contributed by atoms with Gasteiger partial charge in [-0.05, 0) is 30.2 Å². The van der Waals surface area contributed by atoms with E-state index >= 15 is 0 Å². The Bertz CT molecular complexity index is 736. The lowest BCUT2D eigenvalue weighted by Crippen LogP contribution is -2.23. The molecule has 2 aromatic carbocycles. The summed E-state index contributed by atoms with van der Waals surface area (Å²) in [6, 6.07) is 8.68. The molecular formula is C17H19F2N3O2. The van der Waals surface area contributed by atoms with E-state index in [0.717, 1.165) is 6.07 Å². The molecule has 5 nitrogen and oxygen atoms in total. The van der Waals surface area contributed by atoms with Gasteiger partial charge in [0.25, 0.3) is 0 Å². The molecule has 0 aliphatic carbocycles. The first-order valence-electron chi connectivity index (χ1n) is 7.26. The van der Waals surface area contributed by atoms with E-state index in [1.807, 2.05) is 0 Å². The minimum atomic E-state index is -0.606. The van der Waals surface area contributed by atoms with Crippen LogP contribution in [0.3, 0.4) is 0 Å². The summed E-state index contributed by atoms with van der Waals surface area (Å²) in [6.07, 6.45) is 0.309. The fourth-order valence-electron chi connectivity index (χ4n) is 2.11. The number of nitrogens with two attached hydrogens (primary N) is 1. The number of hydrogen-bond acceptors (Lipinski definition) is 3. The van der Waals surface area contributed by atoms with E-state index < -0.39 is 11.6 Å². The Labute approximate surface area is 139 Å². The van der Waals surface area contributed by atoms with Gasteiger partial charge in [-0.25, -0.2) is 8.78 Å². The normalized spacial score (nSPS) is 11.2. The first-order valence-corrected chi connectivity index (χ1v) is 7.26. The summed E-state index contributed by atoms with van der Waals surface area (Å²) in [6.45, 7) is 0.258. The van der Waals surface area contributed by atoms with E-state index in [2.05, 4.69) is 10.3 Å². The van der Waals surface area contributed by atoms with Crippen LogP contribution >= 0.6 is 0 Å². The summed E-state index contributed by atoms with van der Waals surface area (Å²) in [5.74, 6) is 0.180. The molecule has 0 saturated heterocycles. The third-order valence-electron chi connectivity index (χ3n) is 3.35. The van der Waals surface area contributed by atoms with Crippen molar-refractivity contribution in [3.63, 3.8) is 0 Å². The Morgan fingerprint density at radius 1 is 1.12 bits per heavy atom. The fraction of sp³-hybridized carbons (Fsp3) is 0.235. The van der Waals surface area contributed by atoms with Crippen molar-refractivity contribution in [3.8, 4) is 11.5 Å². The number of guanidine groups is 1. The number of halogens is 2. The summed E-state index contributed by atoms with van der Waals surface area (Å²) < 4.78 is 36.8. The molecule has 2 rings (SSSR count). The maximum absolute atomic E-state index is 13.5. The standard InChI is InChI=1S/C17H19F2N3O2/c1-23-13-5-6-16(24-2)15(10-13)22-17(20)21-8-7-11-3-4-12(18)9-14(11)19/h3-6,9-10H,7-8H2,1-2H3,(H3,20,21,22). The highest BCUT2D eigenvalue weighted by atomic mass is 19.1. The summed E-state index contributed by atoms with van der Waals surface area (Å²) in [5, 5.41) is 2.92. The zero-order valence-corrected chi connectivity index (χ0v) is 13.5. The van der Waals surface area contributed by atoms with Gasteiger partial charge in [-0.2, -0.15) is 0 Å². The van der Waals surface area contributed by atoms with E-state index in [0.29, 0.717) is 29.2 Å². The van der Waals surface area contributed by atoms with Crippen LogP contribution in [0.4, 0.5) is 14.5 Å². The predicted octanol–water partition coefficient (Wildman–Crippen LogP) is 2.95. The lowest BCUT2D eigenvalue weighted by Gasteiger charge is -2.12. The van der Waals surface area contributed by atoms with Crippen LogP contribution in [0.1, 0.15) is 5.56 Å². The first kappa shape index (κ1) is 17.5. The number of rotatable bonds is 6. The molecule has 0 radical (unpaired) electrons. The third kappa shape index (κ3) is 4.58. The molecular weight excluding hydrogens is 316 g/mol. The van der Waals surface area contributed by atoms with Crippen molar-refractivity contribution in [2.24, 2.45) is 10.7 Å². The van der Waals surface area contributed by atoms with Crippen LogP contribution in [-0.4, -0.2) is 26.7 Å². The lowest BCUT2D eigenvalue weighted by molar-refractivity contribution is 0.405. The van der Waals surface area contributed by atoms with Crippen molar-refractivity contribution >= 4 is 11.6 Å². The molecule has 24 heavy (non-hydrogen) atoms. The molecule has 0 spiro atoms. The second-order valence-electron chi connectivity index (χ2n) is 4.94. The van der Waals surface area contributed by atoms with E-state index in [9.17, 15) is 8.78 Å². The highest BCUT2D eigenvalue weighted by molar-refractivity contribution is 5.94. The molecule has 0 atom stereocenters. The average molecular weight is 335 g/mol. The van der Waals surface area contributed by atoms with Gasteiger partial charge in [0.05, 0.1) is 19.9 Å². The monoisotopic (exact) mass is 335 g/mol. The molecule has 0 heterocycles. The van der Waals surface area contributed by atoms with Crippen LogP contribution in [0.15, 0.2) is 41.4 Å². The highest BCUT2D eigenvalue weighted by Gasteiger charge is 2.07. The van der Waals surface area contributed by atoms with Gasteiger partial charge in [-0.3, -0.25) is 4.99 Å². The Kier molecular flexibility index (Phi) is 5.95. The maximum atomic E-state index is 13.5. The van der Waals surface area contributed by atoms with E-state index in [1.165, 1.54) is 19.2 Å². The Hall–Kier alpha value is -2.83. The van der Waals surface area contributed by atoms with Crippen LogP contribution in [0.5, 0.6) is 11.5 Å². The molecule has 7 heteroatoms. The van der Waals surface area contributed by atoms with E-state index in [4.69, 9.17) is 15.2 Å². The number of nitrogens with one attached hydrogen (secondary N) is 1. The molecule has 0 unspecified atom stereocenters. The number of anilines is 1. The quantitative estimate of drug-likeness (QED) is 0.629. The Balaban J connectivity index is 2.01. The van der Waals surface area contributed by atoms with Crippen LogP contribution in [0, 0.1) is 11.6 Å². The van der Waals surface area contributed by atoms with Gasteiger partial charge in [0.2, 0.25) is 0 Å².